The van der Waals surface area contributed by atoms with Crippen LogP contribution in [0.3, 0.4) is 0 Å². The van der Waals surface area contributed by atoms with Crippen LogP contribution in [0, 0.1) is 0 Å². The minimum Gasteiger partial charge on any atom is -0.484 e. The topological polar surface area (TPSA) is 68.9 Å². The molecular weight excluding hydrogens is 536 g/mol. The average Bonchev–Trinajstić information content (AvgIpc) is 3.45. The molecule has 0 saturated carbocycles. The van der Waals surface area contributed by atoms with Gasteiger partial charge >= 0.3 is 0 Å². The first kappa shape index (κ1) is 29.5. The molecule has 220 valence electrons. The Hall–Kier alpha value is -5.04. The Labute approximate surface area is 253 Å². The van der Waals surface area contributed by atoms with E-state index in [2.05, 4.69) is 41.4 Å². The van der Waals surface area contributed by atoms with Crippen molar-refractivity contribution < 1.29 is 14.3 Å². The second-order valence-electron chi connectivity index (χ2n) is 10.8. The lowest BCUT2D eigenvalue weighted by atomic mass is 10.1. The summed E-state index contributed by atoms with van der Waals surface area (Å²) in [5.74, 6) is 0.261. The third-order valence-corrected chi connectivity index (χ3v) is 7.51. The number of rotatable bonds is 13. The van der Waals surface area contributed by atoms with Crippen LogP contribution >= 0.6 is 0 Å². The molecule has 0 bridgehead atoms. The van der Waals surface area contributed by atoms with Gasteiger partial charge in [0, 0.05) is 56.5 Å². The number of para-hydroxylation sites is 2. The van der Waals surface area contributed by atoms with E-state index in [9.17, 15) is 9.59 Å². The molecule has 1 N–H and O–H groups in total. The molecule has 4 aromatic carbocycles. The number of aromatic nitrogens is 1. The molecule has 1 aromatic heterocycles. The van der Waals surface area contributed by atoms with Crippen LogP contribution in [0.2, 0.25) is 0 Å². The normalized spacial score (nSPS) is 10.8. The van der Waals surface area contributed by atoms with Gasteiger partial charge in [0.2, 0.25) is 5.91 Å². The lowest BCUT2D eigenvalue weighted by Gasteiger charge is -2.28. The van der Waals surface area contributed by atoms with E-state index < -0.39 is 0 Å². The number of fused-ring (bicyclic) bond motifs is 1. The van der Waals surface area contributed by atoms with Crippen molar-refractivity contribution >= 4 is 28.4 Å². The van der Waals surface area contributed by atoms with E-state index in [1.165, 1.54) is 0 Å². The van der Waals surface area contributed by atoms with Crippen molar-refractivity contribution in [3.63, 3.8) is 0 Å². The van der Waals surface area contributed by atoms with Crippen LogP contribution in [0.4, 0.5) is 5.69 Å². The van der Waals surface area contributed by atoms with E-state index in [1.54, 1.807) is 4.90 Å². The molecule has 2 amide bonds. The van der Waals surface area contributed by atoms with Gasteiger partial charge in [-0.1, -0.05) is 78.9 Å². The van der Waals surface area contributed by atoms with Gasteiger partial charge in [0.1, 0.15) is 12.3 Å². The van der Waals surface area contributed by atoms with E-state index >= 15 is 0 Å². The minimum atomic E-state index is -0.243. The van der Waals surface area contributed by atoms with Crippen LogP contribution in [0.25, 0.3) is 10.9 Å². The number of carbonyl (C=O) groups excluding carboxylic acids is 2. The minimum absolute atomic E-state index is 0.0461. The molecule has 0 saturated heterocycles. The highest BCUT2D eigenvalue weighted by Crippen LogP contribution is 2.20. The summed E-state index contributed by atoms with van der Waals surface area (Å²) in [4.78, 5) is 36.3. The number of hydrogen-bond donors (Lipinski definition) is 1. The average molecular weight is 575 g/mol. The van der Waals surface area contributed by atoms with Crippen molar-refractivity contribution in [2.45, 2.75) is 19.5 Å². The Morgan fingerprint density at radius 1 is 0.698 bits per heavy atom. The smallest absolute Gasteiger partial charge is 0.261 e. The highest BCUT2D eigenvalue weighted by molar-refractivity contribution is 5.86. The van der Waals surface area contributed by atoms with E-state index in [1.807, 2.05) is 103 Å². The number of hydrogen-bond acceptors (Lipinski definition) is 4. The van der Waals surface area contributed by atoms with Crippen LogP contribution in [-0.4, -0.2) is 60.4 Å². The highest BCUT2D eigenvalue weighted by Gasteiger charge is 2.23. The number of carbonyl (C=O) groups is 2. The van der Waals surface area contributed by atoms with E-state index in [0.717, 1.165) is 33.3 Å². The third-order valence-electron chi connectivity index (χ3n) is 7.51. The number of nitrogens with one attached hydrogen (secondary N) is 1. The van der Waals surface area contributed by atoms with Gasteiger partial charge in [0.05, 0.1) is 0 Å². The molecule has 0 radical (unpaired) electrons. The summed E-state index contributed by atoms with van der Waals surface area (Å²) in [7, 11) is 4.01. The zero-order chi connectivity index (χ0) is 30.0. The van der Waals surface area contributed by atoms with Crippen LogP contribution in [0.15, 0.2) is 115 Å². The van der Waals surface area contributed by atoms with Gasteiger partial charge in [-0.2, -0.15) is 0 Å². The number of anilines is 1. The number of nitrogens with zero attached hydrogens (tertiary/aromatic N) is 3. The molecule has 0 spiro atoms. The first-order valence-corrected chi connectivity index (χ1v) is 14.5. The summed E-state index contributed by atoms with van der Waals surface area (Å²) in [6.07, 6.45) is 2.71. The first-order valence-electron chi connectivity index (χ1n) is 14.5. The standard InChI is InChI=1S/C36H38N4O3/c1-38(2)31-19-17-29(18-20-31)24-39(22-21-30-23-37-34-16-10-9-15-33(30)34)35(41)26-40(25-28-11-5-3-6-12-28)36(42)27-43-32-13-7-4-8-14-32/h3-20,23,37H,21-22,24-27H2,1-2H3. The van der Waals surface area contributed by atoms with Crippen molar-refractivity contribution in [3.05, 3.63) is 132 Å². The molecule has 0 unspecified atom stereocenters. The fourth-order valence-corrected chi connectivity index (χ4v) is 5.06. The number of amides is 2. The lowest BCUT2D eigenvalue weighted by molar-refractivity contribution is -0.142. The highest BCUT2D eigenvalue weighted by atomic mass is 16.5. The largest absolute Gasteiger partial charge is 0.484 e. The number of ether oxygens (including phenoxy) is 1. The van der Waals surface area contributed by atoms with Gasteiger partial charge in [-0.25, -0.2) is 0 Å². The van der Waals surface area contributed by atoms with Crippen molar-refractivity contribution in [2.24, 2.45) is 0 Å². The molecule has 7 nitrogen and oxygen atoms in total. The summed E-state index contributed by atoms with van der Waals surface area (Å²) in [6, 6.07) is 35.4. The zero-order valence-corrected chi connectivity index (χ0v) is 24.8. The molecule has 1 heterocycles. The van der Waals surface area contributed by atoms with Crippen LogP contribution in [0.5, 0.6) is 5.75 Å². The maximum absolute atomic E-state index is 14.0. The van der Waals surface area contributed by atoms with E-state index in [4.69, 9.17) is 4.74 Å². The van der Waals surface area contributed by atoms with Gasteiger partial charge in [0.15, 0.2) is 6.61 Å². The Morgan fingerprint density at radius 3 is 2.05 bits per heavy atom. The van der Waals surface area contributed by atoms with E-state index in [0.29, 0.717) is 31.8 Å². The van der Waals surface area contributed by atoms with Gasteiger partial charge in [-0.05, 0) is 53.4 Å². The van der Waals surface area contributed by atoms with Gasteiger partial charge in [0.25, 0.3) is 5.91 Å². The Kier molecular flexibility index (Phi) is 9.74. The number of H-pyrrole nitrogens is 1. The summed E-state index contributed by atoms with van der Waals surface area (Å²) in [6.45, 7) is 1.09. The van der Waals surface area contributed by atoms with Gasteiger partial charge < -0.3 is 24.4 Å². The van der Waals surface area contributed by atoms with Gasteiger partial charge in [-0.3, -0.25) is 9.59 Å². The maximum atomic E-state index is 14.0. The molecule has 0 aliphatic carbocycles. The maximum Gasteiger partial charge on any atom is 0.261 e. The summed E-state index contributed by atoms with van der Waals surface area (Å²) >= 11 is 0. The molecule has 7 heteroatoms. The second-order valence-corrected chi connectivity index (χ2v) is 10.8. The van der Waals surface area contributed by atoms with Crippen LogP contribution in [0.1, 0.15) is 16.7 Å². The third kappa shape index (κ3) is 8.04. The molecular formula is C36H38N4O3. The molecule has 0 atom stereocenters. The molecule has 5 rings (SSSR count). The van der Waals surface area contributed by atoms with Crippen molar-refractivity contribution in [3.8, 4) is 5.75 Å². The van der Waals surface area contributed by atoms with Crippen molar-refractivity contribution in [1.82, 2.24) is 14.8 Å². The fraction of sp³-hybridized carbons (Fsp3) is 0.222. The van der Waals surface area contributed by atoms with Crippen LogP contribution < -0.4 is 9.64 Å². The first-order chi connectivity index (χ1) is 21.0. The predicted octanol–water partition coefficient (Wildman–Crippen LogP) is 5.91. The predicted molar refractivity (Wildman–Crippen MR) is 172 cm³/mol. The molecule has 0 aliphatic rings. The summed E-state index contributed by atoms with van der Waals surface area (Å²) in [5.41, 5.74) is 5.32. The quantitative estimate of drug-likeness (QED) is 0.190. The summed E-state index contributed by atoms with van der Waals surface area (Å²) < 4.78 is 5.77. The monoisotopic (exact) mass is 574 g/mol. The number of benzene rings is 4. The van der Waals surface area contributed by atoms with Gasteiger partial charge in [-0.15, -0.1) is 0 Å². The SMILES string of the molecule is CN(C)c1ccc(CN(CCc2c[nH]c3ccccc23)C(=O)CN(Cc2ccccc2)C(=O)COc2ccccc2)cc1. The van der Waals surface area contributed by atoms with Crippen LogP contribution in [-0.2, 0) is 29.1 Å². The Balaban J connectivity index is 1.35. The van der Waals surface area contributed by atoms with Crippen molar-refractivity contribution in [1.29, 1.82) is 0 Å². The molecule has 0 aliphatic heterocycles. The Bertz CT molecular complexity index is 1620. The molecule has 5 aromatic rings. The summed E-state index contributed by atoms with van der Waals surface area (Å²) in [5, 5.41) is 1.16. The Morgan fingerprint density at radius 2 is 1.33 bits per heavy atom. The second kappa shape index (κ2) is 14.2. The number of aromatic amines is 1. The van der Waals surface area contributed by atoms with Crippen molar-refractivity contribution in [2.75, 3.05) is 38.7 Å². The van der Waals surface area contributed by atoms with E-state index in [-0.39, 0.29) is 25.0 Å². The zero-order valence-electron chi connectivity index (χ0n) is 24.8. The lowest BCUT2D eigenvalue weighted by Crippen LogP contribution is -2.44. The molecule has 43 heavy (non-hydrogen) atoms. The molecule has 0 fully saturated rings. The fourth-order valence-electron chi connectivity index (χ4n) is 5.06.